The van der Waals surface area contributed by atoms with E-state index < -0.39 is 0 Å². The van der Waals surface area contributed by atoms with Crippen molar-refractivity contribution in [1.29, 1.82) is 0 Å². The Labute approximate surface area is 146 Å². The van der Waals surface area contributed by atoms with Crippen molar-refractivity contribution in [1.82, 2.24) is 19.5 Å². The first kappa shape index (κ1) is 15.2. The molecule has 5 nitrogen and oxygen atoms in total. The molecule has 24 heavy (non-hydrogen) atoms. The molecule has 3 aromatic heterocycles. The van der Waals surface area contributed by atoms with Crippen molar-refractivity contribution in [3.8, 4) is 5.69 Å². The van der Waals surface area contributed by atoms with Crippen molar-refractivity contribution < 1.29 is 0 Å². The summed E-state index contributed by atoms with van der Waals surface area (Å²) >= 11 is 2.96. The van der Waals surface area contributed by atoms with Gasteiger partial charge in [-0.25, -0.2) is 9.97 Å². The number of imidazole rings is 1. The minimum Gasteiger partial charge on any atom is -0.309 e. The number of nitrogens with zero attached hydrogens (tertiary/aromatic N) is 3. The molecule has 0 aliphatic heterocycles. The van der Waals surface area contributed by atoms with E-state index in [2.05, 4.69) is 38.6 Å². The number of fused-ring (bicyclic) bond motifs is 1. The van der Waals surface area contributed by atoms with Gasteiger partial charge in [-0.2, -0.15) is 0 Å². The Bertz CT molecular complexity index is 1060. The molecular weight excluding hydrogens is 340 g/mol. The van der Waals surface area contributed by atoms with Gasteiger partial charge < -0.3 is 4.98 Å². The van der Waals surface area contributed by atoms with Crippen molar-refractivity contribution >= 4 is 33.3 Å². The average molecular weight is 354 g/mol. The van der Waals surface area contributed by atoms with Gasteiger partial charge in [-0.05, 0) is 30.0 Å². The van der Waals surface area contributed by atoms with Crippen LogP contribution < -0.4 is 5.56 Å². The van der Waals surface area contributed by atoms with Crippen LogP contribution in [0.5, 0.6) is 0 Å². The van der Waals surface area contributed by atoms with E-state index in [1.807, 2.05) is 29.8 Å². The lowest BCUT2D eigenvalue weighted by molar-refractivity contribution is 0.885. The highest BCUT2D eigenvalue weighted by Gasteiger charge is 2.10. The molecule has 0 spiro atoms. The van der Waals surface area contributed by atoms with E-state index >= 15 is 0 Å². The lowest BCUT2D eigenvalue weighted by Gasteiger charge is -2.10. The summed E-state index contributed by atoms with van der Waals surface area (Å²) in [6.07, 6.45) is 3.73. The summed E-state index contributed by atoms with van der Waals surface area (Å²) in [5.74, 6) is 1.22. The SMILES string of the molecule is Cc1ccccc1-n1ccnc1SCc1nc2ccsc2c(=O)[nH]1. The average Bonchev–Trinajstić information content (AvgIpc) is 3.22. The number of nitrogens with one attached hydrogen (secondary N) is 1. The van der Waals surface area contributed by atoms with E-state index in [1.54, 1.807) is 18.0 Å². The van der Waals surface area contributed by atoms with Gasteiger partial charge in [-0.3, -0.25) is 9.36 Å². The molecule has 0 amide bonds. The zero-order valence-electron chi connectivity index (χ0n) is 12.9. The number of aromatic amines is 1. The number of hydrogen-bond donors (Lipinski definition) is 1. The first-order valence-corrected chi connectivity index (χ1v) is 9.27. The maximum Gasteiger partial charge on any atom is 0.268 e. The molecule has 4 aromatic rings. The second-order valence-electron chi connectivity index (χ2n) is 5.30. The number of rotatable bonds is 4. The predicted molar refractivity (Wildman–Crippen MR) is 98.1 cm³/mol. The fraction of sp³-hybridized carbons (Fsp3) is 0.118. The van der Waals surface area contributed by atoms with Crippen molar-refractivity contribution in [2.24, 2.45) is 0 Å². The molecule has 0 aliphatic rings. The Morgan fingerprint density at radius 1 is 1.29 bits per heavy atom. The van der Waals surface area contributed by atoms with Crippen LogP contribution in [0.2, 0.25) is 0 Å². The zero-order chi connectivity index (χ0) is 16.5. The van der Waals surface area contributed by atoms with Crippen LogP contribution in [0.1, 0.15) is 11.4 Å². The Morgan fingerprint density at radius 3 is 3.04 bits per heavy atom. The second-order valence-corrected chi connectivity index (χ2v) is 7.16. The number of thiophene rings is 1. The Morgan fingerprint density at radius 2 is 2.17 bits per heavy atom. The third-order valence-electron chi connectivity index (χ3n) is 3.68. The highest BCUT2D eigenvalue weighted by atomic mass is 32.2. The Hall–Kier alpha value is -2.38. The molecule has 3 heterocycles. The third-order valence-corrected chi connectivity index (χ3v) is 5.56. The molecule has 1 aromatic carbocycles. The summed E-state index contributed by atoms with van der Waals surface area (Å²) in [6.45, 7) is 2.08. The minimum atomic E-state index is -0.0761. The largest absolute Gasteiger partial charge is 0.309 e. The van der Waals surface area contributed by atoms with Gasteiger partial charge in [0.05, 0.1) is 17.0 Å². The molecule has 0 aliphatic carbocycles. The van der Waals surface area contributed by atoms with E-state index in [9.17, 15) is 4.79 Å². The van der Waals surface area contributed by atoms with Gasteiger partial charge in [0.2, 0.25) is 0 Å². The van der Waals surface area contributed by atoms with Gasteiger partial charge in [-0.15, -0.1) is 11.3 Å². The number of aromatic nitrogens is 4. The van der Waals surface area contributed by atoms with Crippen molar-refractivity contribution in [2.75, 3.05) is 0 Å². The first-order valence-electron chi connectivity index (χ1n) is 7.41. The molecule has 0 atom stereocenters. The molecule has 0 saturated heterocycles. The van der Waals surface area contributed by atoms with Crippen LogP contribution in [0.4, 0.5) is 0 Å². The van der Waals surface area contributed by atoms with Crippen molar-refractivity contribution in [3.05, 3.63) is 69.8 Å². The maximum absolute atomic E-state index is 12.0. The van der Waals surface area contributed by atoms with Crippen molar-refractivity contribution in [2.45, 2.75) is 17.8 Å². The van der Waals surface area contributed by atoms with Gasteiger partial charge in [0.1, 0.15) is 10.5 Å². The van der Waals surface area contributed by atoms with Crippen LogP contribution in [0.15, 0.2) is 58.1 Å². The molecule has 0 saturated carbocycles. The number of aryl methyl sites for hydroxylation is 1. The van der Waals surface area contributed by atoms with E-state index in [0.717, 1.165) is 16.4 Å². The van der Waals surface area contributed by atoms with Crippen LogP contribution in [0.3, 0.4) is 0 Å². The Kier molecular flexibility index (Phi) is 3.95. The molecule has 1 N–H and O–H groups in total. The number of H-pyrrole nitrogens is 1. The molecule has 0 bridgehead atoms. The van der Waals surface area contributed by atoms with Crippen LogP contribution in [-0.4, -0.2) is 19.5 Å². The quantitative estimate of drug-likeness (QED) is 0.567. The third kappa shape index (κ3) is 2.76. The standard InChI is InChI=1S/C17H14N4OS2/c1-11-4-2-3-5-13(11)21-8-7-18-17(21)24-10-14-19-12-6-9-23-15(12)16(22)20-14/h2-9H,10H2,1H3,(H,19,20,22). The topological polar surface area (TPSA) is 63.6 Å². The lowest BCUT2D eigenvalue weighted by Crippen LogP contribution is -2.09. The van der Waals surface area contributed by atoms with Crippen LogP contribution >= 0.6 is 23.1 Å². The predicted octanol–water partition coefficient (Wildman–Crippen LogP) is 3.77. The normalized spacial score (nSPS) is 11.2. The van der Waals surface area contributed by atoms with Gasteiger partial charge in [0, 0.05) is 12.4 Å². The highest BCUT2D eigenvalue weighted by Crippen LogP contribution is 2.25. The summed E-state index contributed by atoms with van der Waals surface area (Å²) in [5, 5.41) is 2.76. The fourth-order valence-corrected chi connectivity index (χ4v) is 4.10. The molecular formula is C17H14N4OS2. The number of thioether (sulfide) groups is 1. The minimum absolute atomic E-state index is 0.0761. The van der Waals surface area contributed by atoms with E-state index in [-0.39, 0.29) is 5.56 Å². The summed E-state index contributed by atoms with van der Waals surface area (Å²) in [6, 6.07) is 10.1. The smallest absolute Gasteiger partial charge is 0.268 e. The van der Waals surface area contributed by atoms with E-state index in [0.29, 0.717) is 16.3 Å². The number of hydrogen-bond acceptors (Lipinski definition) is 5. The summed E-state index contributed by atoms with van der Waals surface area (Å²) < 4.78 is 2.73. The summed E-state index contributed by atoms with van der Waals surface area (Å²) in [4.78, 5) is 23.8. The van der Waals surface area contributed by atoms with Gasteiger partial charge in [0.25, 0.3) is 5.56 Å². The number of para-hydroxylation sites is 1. The van der Waals surface area contributed by atoms with Crippen LogP contribution in [0.25, 0.3) is 15.9 Å². The second kappa shape index (κ2) is 6.26. The Balaban J connectivity index is 1.61. The van der Waals surface area contributed by atoms with E-state index in [1.165, 1.54) is 16.9 Å². The molecule has 0 fully saturated rings. The van der Waals surface area contributed by atoms with Gasteiger partial charge in [-0.1, -0.05) is 30.0 Å². The molecule has 4 rings (SSSR count). The van der Waals surface area contributed by atoms with Crippen molar-refractivity contribution in [3.63, 3.8) is 0 Å². The maximum atomic E-state index is 12.0. The first-order chi connectivity index (χ1) is 11.7. The molecule has 0 unspecified atom stereocenters. The van der Waals surface area contributed by atoms with E-state index in [4.69, 9.17) is 0 Å². The molecule has 0 radical (unpaired) electrons. The fourth-order valence-electron chi connectivity index (χ4n) is 2.54. The number of benzene rings is 1. The van der Waals surface area contributed by atoms with Gasteiger partial charge in [0.15, 0.2) is 5.16 Å². The zero-order valence-corrected chi connectivity index (χ0v) is 14.5. The summed E-state index contributed by atoms with van der Waals surface area (Å²) in [7, 11) is 0. The molecule has 120 valence electrons. The van der Waals surface area contributed by atoms with Gasteiger partial charge >= 0.3 is 0 Å². The summed E-state index contributed by atoms with van der Waals surface area (Å²) in [5.41, 5.74) is 2.96. The van der Waals surface area contributed by atoms with Crippen LogP contribution in [0, 0.1) is 6.92 Å². The lowest BCUT2D eigenvalue weighted by atomic mass is 10.2. The van der Waals surface area contributed by atoms with Crippen LogP contribution in [-0.2, 0) is 5.75 Å². The monoisotopic (exact) mass is 354 g/mol. The highest BCUT2D eigenvalue weighted by molar-refractivity contribution is 7.98. The molecule has 7 heteroatoms.